The molecule has 0 rings (SSSR count). The van der Waals surface area contributed by atoms with Gasteiger partial charge in [0.2, 0.25) is 0 Å². The summed E-state index contributed by atoms with van der Waals surface area (Å²) >= 11 is 0. The molecule has 0 saturated heterocycles. The molecule has 0 radical (unpaired) electrons. The van der Waals surface area contributed by atoms with E-state index in [9.17, 15) is 0 Å². The Morgan fingerprint density at radius 3 is 1.73 bits per heavy atom. The van der Waals surface area contributed by atoms with Gasteiger partial charge >= 0.3 is 0 Å². The van der Waals surface area contributed by atoms with E-state index in [1.54, 1.807) is 0 Å². The van der Waals surface area contributed by atoms with Crippen molar-refractivity contribution in [2.24, 2.45) is 5.92 Å². The molecule has 0 aliphatic carbocycles. The Labute approximate surface area is 97.6 Å². The third kappa shape index (κ3) is 12.3. The van der Waals surface area contributed by atoms with Gasteiger partial charge in [-0.15, -0.1) is 0 Å². The van der Waals surface area contributed by atoms with Gasteiger partial charge in [-0.2, -0.15) is 0 Å². The summed E-state index contributed by atoms with van der Waals surface area (Å²) < 4.78 is 11.7. The highest BCUT2D eigenvalue weighted by Gasteiger charge is 2.17. The van der Waals surface area contributed by atoms with Crippen molar-refractivity contribution in [3.8, 4) is 0 Å². The molecule has 0 fully saturated rings. The second kappa shape index (κ2) is 6.18. The van der Waals surface area contributed by atoms with Crippen molar-refractivity contribution < 1.29 is 8.85 Å². The molecule has 2 nitrogen and oxygen atoms in total. The molecule has 0 saturated carbocycles. The van der Waals surface area contributed by atoms with Crippen molar-refractivity contribution in [1.29, 1.82) is 0 Å². The molecule has 0 aromatic carbocycles. The van der Waals surface area contributed by atoms with Gasteiger partial charge in [0.15, 0.2) is 16.6 Å². The standard InChI is InChI=1S/C11H28O2Si2/c1-11(10-13-15(5,6)7)8-9-12-14(2,3)4/h11H,8-10H2,1-7H3. The molecule has 1 atom stereocenters. The van der Waals surface area contributed by atoms with Crippen LogP contribution in [0.15, 0.2) is 0 Å². The Kier molecular flexibility index (Phi) is 6.32. The molecule has 0 spiro atoms. The molecule has 0 aliphatic heterocycles. The molecule has 0 heterocycles. The van der Waals surface area contributed by atoms with Crippen molar-refractivity contribution >= 4 is 16.6 Å². The summed E-state index contributed by atoms with van der Waals surface area (Å²) in [7, 11) is -2.64. The van der Waals surface area contributed by atoms with Crippen LogP contribution in [0, 0.1) is 5.92 Å². The Hall–Kier alpha value is 0.354. The lowest BCUT2D eigenvalue weighted by molar-refractivity contribution is 0.211. The smallest absolute Gasteiger partial charge is 0.183 e. The fourth-order valence-corrected chi connectivity index (χ4v) is 2.56. The van der Waals surface area contributed by atoms with Crippen molar-refractivity contribution in [2.75, 3.05) is 13.2 Å². The molecule has 1 unspecified atom stereocenters. The topological polar surface area (TPSA) is 18.5 Å². The van der Waals surface area contributed by atoms with E-state index in [1.165, 1.54) is 0 Å². The molecule has 0 aromatic heterocycles. The highest BCUT2D eigenvalue weighted by Crippen LogP contribution is 2.11. The minimum absolute atomic E-state index is 0.619. The van der Waals surface area contributed by atoms with Crippen LogP contribution in [0.5, 0.6) is 0 Å². The van der Waals surface area contributed by atoms with E-state index < -0.39 is 16.6 Å². The molecule has 0 bridgehead atoms. The van der Waals surface area contributed by atoms with Crippen molar-refractivity contribution in [1.82, 2.24) is 0 Å². The monoisotopic (exact) mass is 248 g/mol. The van der Waals surface area contributed by atoms with Gasteiger partial charge in [-0.3, -0.25) is 0 Å². The number of rotatable bonds is 7. The lowest BCUT2D eigenvalue weighted by Crippen LogP contribution is -2.29. The Morgan fingerprint density at radius 1 is 0.867 bits per heavy atom. The maximum atomic E-state index is 5.87. The fraction of sp³-hybridized carbons (Fsp3) is 1.00. The van der Waals surface area contributed by atoms with E-state index in [4.69, 9.17) is 8.85 Å². The van der Waals surface area contributed by atoms with Gasteiger partial charge in [0.1, 0.15) is 0 Å². The molecule has 92 valence electrons. The second-order valence-electron chi connectivity index (χ2n) is 6.28. The zero-order valence-electron chi connectivity index (χ0n) is 11.5. The predicted molar refractivity (Wildman–Crippen MR) is 72.4 cm³/mol. The quantitative estimate of drug-likeness (QED) is 0.639. The number of hydrogen-bond acceptors (Lipinski definition) is 2. The van der Waals surface area contributed by atoms with Crippen LogP contribution >= 0.6 is 0 Å². The minimum atomic E-state index is -1.33. The highest BCUT2D eigenvalue weighted by atomic mass is 28.4. The van der Waals surface area contributed by atoms with E-state index >= 15 is 0 Å². The minimum Gasteiger partial charge on any atom is -0.418 e. The normalized spacial score (nSPS) is 15.4. The van der Waals surface area contributed by atoms with Gasteiger partial charge in [0.25, 0.3) is 0 Å². The Morgan fingerprint density at radius 2 is 1.33 bits per heavy atom. The summed E-state index contributed by atoms with van der Waals surface area (Å²) in [6, 6.07) is 0. The van der Waals surface area contributed by atoms with E-state index in [2.05, 4.69) is 46.2 Å². The van der Waals surface area contributed by atoms with Gasteiger partial charge in [-0.25, -0.2) is 0 Å². The average molecular weight is 249 g/mol. The third-order valence-corrected chi connectivity index (χ3v) is 4.05. The average Bonchev–Trinajstić information content (AvgIpc) is 1.97. The molecular formula is C11H28O2Si2. The van der Waals surface area contributed by atoms with Crippen LogP contribution in [0.2, 0.25) is 39.3 Å². The van der Waals surface area contributed by atoms with Crippen molar-refractivity contribution in [2.45, 2.75) is 52.6 Å². The highest BCUT2D eigenvalue weighted by molar-refractivity contribution is 6.70. The first-order chi connectivity index (χ1) is 6.60. The molecular weight excluding hydrogens is 220 g/mol. The first-order valence-corrected chi connectivity index (χ1v) is 12.7. The molecule has 0 N–H and O–H groups in total. The van der Waals surface area contributed by atoms with E-state index in [0.717, 1.165) is 19.6 Å². The van der Waals surface area contributed by atoms with Gasteiger partial charge in [0, 0.05) is 13.2 Å². The largest absolute Gasteiger partial charge is 0.418 e. The molecule has 0 amide bonds. The maximum absolute atomic E-state index is 5.87. The van der Waals surface area contributed by atoms with Crippen LogP contribution in [0.1, 0.15) is 13.3 Å². The molecule has 0 aliphatic rings. The molecule has 0 aromatic rings. The van der Waals surface area contributed by atoms with Gasteiger partial charge in [-0.05, 0) is 51.6 Å². The van der Waals surface area contributed by atoms with E-state index in [1.807, 2.05) is 0 Å². The second-order valence-corrected chi connectivity index (χ2v) is 15.3. The lowest BCUT2D eigenvalue weighted by Gasteiger charge is -2.22. The molecule has 4 heteroatoms. The van der Waals surface area contributed by atoms with Crippen molar-refractivity contribution in [3.63, 3.8) is 0 Å². The third-order valence-electron chi connectivity index (χ3n) is 1.95. The predicted octanol–water partition coefficient (Wildman–Crippen LogP) is 3.72. The first kappa shape index (κ1) is 15.4. The fourth-order valence-electron chi connectivity index (χ4n) is 1.04. The summed E-state index contributed by atoms with van der Waals surface area (Å²) in [5.74, 6) is 0.619. The van der Waals surface area contributed by atoms with E-state index in [0.29, 0.717) is 5.92 Å². The van der Waals surface area contributed by atoms with Crippen LogP contribution in [0.3, 0.4) is 0 Å². The van der Waals surface area contributed by atoms with Crippen LogP contribution in [-0.2, 0) is 8.85 Å². The summed E-state index contributed by atoms with van der Waals surface area (Å²) in [6.45, 7) is 17.4. The summed E-state index contributed by atoms with van der Waals surface area (Å²) in [4.78, 5) is 0. The maximum Gasteiger partial charge on any atom is 0.183 e. The lowest BCUT2D eigenvalue weighted by atomic mass is 10.1. The van der Waals surface area contributed by atoms with Crippen LogP contribution in [0.25, 0.3) is 0 Å². The van der Waals surface area contributed by atoms with Crippen LogP contribution in [-0.4, -0.2) is 29.8 Å². The Bertz CT molecular complexity index is 170. The molecule has 15 heavy (non-hydrogen) atoms. The number of hydrogen-bond donors (Lipinski definition) is 0. The van der Waals surface area contributed by atoms with Crippen LogP contribution in [0.4, 0.5) is 0 Å². The first-order valence-electron chi connectivity index (χ1n) is 5.88. The zero-order valence-corrected chi connectivity index (χ0v) is 13.5. The zero-order chi connectivity index (χ0) is 12.1. The summed E-state index contributed by atoms with van der Waals surface area (Å²) in [5.41, 5.74) is 0. The summed E-state index contributed by atoms with van der Waals surface area (Å²) in [5, 5.41) is 0. The Balaban J connectivity index is 3.54. The van der Waals surface area contributed by atoms with Crippen LogP contribution < -0.4 is 0 Å². The van der Waals surface area contributed by atoms with E-state index in [-0.39, 0.29) is 0 Å². The van der Waals surface area contributed by atoms with Gasteiger partial charge in [-0.1, -0.05) is 6.92 Å². The van der Waals surface area contributed by atoms with Crippen molar-refractivity contribution in [3.05, 3.63) is 0 Å². The summed E-state index contributed by atoms with van der Waals surface area (Å²) in [6.07, 6.45) is 1.12. The SMILES string of the molecule is CC(CCO[Si](C)(C)C)CO[Si](C)(C)C. The van der Waals surface area contributed by atoms with Gasteiger partial charge in [0.05, 0.1) is 0 Å². The van der Waals surface area contributed by atoms with Gasteiger partial charge < -0.3 is 8.85 Å².